The summed E-state index contributed by atoms with van der Waals surface area (Å²) in [6, 6.07) is 9.68. The largest absolute Gasteiger partial charge is 0.465 e. The van der Waals surface area contributed by atoms with Crippen LogP contribution < -0.4 is 0 Å². The Kier molecular flexibility index (Phi) is 4.03. The minimum atomic E-state index is -0.556. The lowest BCUT2D eigenvalue weighted by Gasteiger charge is -2.01. The fourth-order valence-electron chi connectivity index (χ4n) is 1.56. The molecule has 0 saturated carbocycles. The lowest BCUT2D eigenvalue weighted by Crippen LogP contribution is -2.01. The molecule has 0 aliphatic rings. The van der Waals surface area contributed by atoms with Crippen molar-refractivity contribution >= 4 is 18.1 Å². The molecule has 2 aromatic rings. The molecule has 0 N–H and O–H groups in total. The number of hydrogen-bond donors (Lipinski definition) is 0. The Morgan fingerprint density at radius 2 is 2.11 bits per heavy atom. The molecule has 0 bridgehead atoms. The van der Waals surface area contributed by atoms with Gasteiger partial charge in [0.15, 0.2) is 0 Å². The highest BCUT2D eigenvalue weighted by Crippen LogP contribution is 2.14. The average Bonchev–Trinajstić information content (AvgIpc) is 2.46. The summed E-state index contributed by atoms with van der Waals surface area (Å²) in [4.78, 5) is 15.3. The summed E-state index contributed by atoms with van der Waals surface area (Å²) in [5.41, 5.74) is 1.31. The van der Waals surface area contributed by atoms with Gasteiger partial charge in [0.2, 0.25) is 0 Å². The number of benzene rings is 1. The molecule has 2 rings (SSSR count). The Morgan fingerprint density at radius 1 is 1.26 bits per heavy atom. The van der Waals surface area contributed by atoms with Gasteiger partial charge in [-0.1, -0.05) is 12.1 Å². The van der Waals surface area contributed by atoms with Crippen LogP contribution in [0.1, 0.15) is 21.6 Å². The van der Waals surface area contributed by atoms with E-state index in [4.69, 9.17) is 0 Å². The molecule has 0 atom stereocenters. The van der Waals surface area contributed by atoms with Gasteiger partial charge in [-0.15, -0.1) is 0 Å². The minimum absolute atomic E-state index is 0.190. The van der Waals surface area contributed by atoms with Gasteiger partial charge >= 0.3 is 5.97 Å². The molecule has 3 nitrogen and oxygen atoms in total. The summed E-state index contributed by atoms with van der Waals surface area (Å²) < 4.78 is 18.3. The van der Waals surface area contributed by atoms with Crippen molar-refractivity contribution in [2.45, 2.75) is 0 Å². The third-order valence-electron chi connectivity index (χ3n) is 2.54. The van der Waals surface area contributed by atoms with E-state index in [2.05, 4.69) is 9.72 Å². The van der Waals surface area contributed by atoms with Gasteiger partial charge in [0.05, 0.1) is 18.4 Å². The van der Waals surface area contributed by atoms with Crippen molar-refractivity contribution in [3.63, 3.8) is 0 Å². The van der Waals surface area contributed by atoms with Crippen LogP contribution in [0.15, 0.2) is 42.6 Å². The first-order chi connectivity index (χ1) is 9.20. The fourth-order valence-corrected chi connectivity index (χ4v) is 1.56. The lowest BCUT2D eigenvalue weighted by molar-refractivity contribution is 0.0600. The second-order valence-electron chi connectivity index (χ2n) is 3.82. The normalized spacial score (nSPS) is 10.6. The Balaban J connectivity index is 2.22. The summed E-state index contributed by atoms with van der Waals surface area (Å²) in [6.07, 6.45) is 4.98. The highest BCUT2D eigenvalue weighted by atomic mass is 19.1. The standard InChI is InChI=1S/C15H12FNO2/c1-19-15(18)12-6-5-11(14(16)10-12)7-8-13-4-2-3-9-17-13/h2-10H,1H3. The molecular weight excluding hydrogens is 245 g/mol. The van der Waals surface area contributed by atoms with E-state index in [9.17, 15) is 9.18 Å². The topological polar surface area (TPSA) is 39.2 Å². The maximum absolute atomic E-state index is 13.8. The number of ether oxygens (including phenoxy) is 1. The van der Waals surface area contributed by atoms with Gasteiger partial charge in [0.25, 0.3) is 0 Å². The molecular formula is C15H12FNO2. The number of esters is 1. The van der Waals surface area contributed by atoms with Crippen molar-refractivity contribution in [3.05, 3.63) is 65.2 Å². The summed E-state index contributed by atoms with van der Waals surface area (Å²) in [5, 5.41) is 0. The van der Waals surface area contributed by atoms with Crippen molar-refractivity contribution < 1.29 is 13.9 Å². The first kappa shape index (κ1) is 13.0. The van der Waals surface area contributed by atoms with Crippen LogP contribution in [0.2, 0.25) is 0 Å². The highest BCUT2D eigenvalue weighted by Gasteiger charge is 2.08. The number of halogens is 1. The van der Waals surface area contributed by atoms with E-state index in [1.165, 1.54) is 19.2 Å². The van der Waals surface area contributed by atoms with Crippen LogP contribution in [0.3, 0.4) is 0 Å². The second-order valence-corrected chi connectivity index (χ2v) is 3.82. The lowest BCUT2D eigenvalue weighted by atomic mass is 10.1. The first-order valence-corrected chi connectivity index (χ1v) is 5.67. The summed E-state index contributed by atoms with van der Waals surface area (Å²) in [6.45, 7) is 0. The maximum Gasteiger partial charge on any atom is 0.337 e. The molecule has 1 aromatic carbocycles. The molecule has 96 valence electrons. The van der Waals surface area contributed by atoms with Crippen LogP contribution in [0.4, 0.5) is 4.39 Å². The van der Waals surface area contributed by atoms with Crippen LogP contribution in [-0.4, -0.2) is 18.1 Å². The molecule has 0 amide bonds. The molecule has 0 saturated heterocycles. The Bertz CT molecular complexity index is 609. The number of hydrogen-bond acceptors (Lipinski definition) is 3. The predicted molar refractivity (Wildman–Crippen MR) is 70.9 cm³/mol. The number of pyridine rings is 1. The smallest absolute Gasteiger partial charge is 0.337 e. The van der Waals surface area contributed by atoms with E-state index in [1.807, 2.05) is 18.2 Å². The van der Waals surface area contributed by atoms with Gasteiger partial charge in [-0.05, 0) is 36.4 Å². The van der Waals surface area contributed by atoms with E-state index in [-0.39, 0.29) is 5.56 Å². The summed E-state index contributed by atoms with van der Waals surface area (Å²) in [5.74, 6) is -1.03. The average molecular weight is 257 g/mol. The number of nitrogens with zero attached hydrogens (tertiary/aromatic N) is 1. The van der Waals surface area contributed by atoms with Crippen molar-refractivity contribution in [1.29, 1.82) is 0 Å². The molecule has 0 aliphatic heterocycles. The number of rotatable bonds is 3. The molecule has 0 fully saturated rings. The predicted octanol–water partition coefficient (Wildman–Crippen LogP) is 3.18. The van der Waals surface area contributed by atoms with E-state index >= 15 is 0 Å². The monoisotopic (exact) mass is 257 g/mol. The molecule has 0 spiro atoms. The molecule has 1 heterocycles. The van der Waals surface area contributed by atoms with Crippen molar-refractivity contribution in [2.75, 3.05) is 7.11 Å². The van der Waals surface area contributed by atoms with Crippen LogP contribution >= 0.6 is 0 Å². The number of aromatic nitrogens is 1. The van der Waals surface area contributed by atoms with E-state index in [0.717, 1.165) is 11.8 Å². The van der Waals surface area contributed by atoms with Crippen LogP contribution in [0, 0.1) is 5.82 Å². The highest BCUT2D eigenvalue weighted by molar-refractivity contribution is 5.89. The zero-order valence-corrected chi connectivity index (χ0v) is 10.3. The Morgan fingerprint density at radius 3 is 2.74 bits per heavy atom. The second kappa shape index (κ2) is 5.91. The maximum atomic E-state index is 13.8. The molecule has 0 radical (unpaired) electrons. The van der Waals surface area contributed by atoms with Crippen molar-refractivity contribution in [1.82, 2.24) is 4.98 Å². The van der Waals surface area contributed by atoms with Gasteiger partial charge < -0.3 is 4.74 Å². The van der Waals surface area contributed by atoms with Gasteiger partial charge in [0, 0.05) is 11.8 Å². The van der Waals surface area contributed by atoms with Crippen molar-refractivity contribution in [3.8, 4) is 0 Å². The quantitative estimate of drug-likeness (QED) is 0.793. The molecule has 1 aromatic heterocycles. The minimum Gasteiger partial charge on any atom is -0.465 e. The zero-order chi connectivity index (χ0) is 13.7. The number of carbonyl (C=O) groups excluding carboxylic acids is 1. The third kappa shape index (κ3) is 3.25. The van der Waals surface area contributed by atoms with Gasteiger partial charge in [0.1, 0.15) is 5.82 Å². The number of carbonyl (C=O) groups is 1. The zero-order valence-electron chi connectivity index (χ0n) is 10.3. The van der Waals surface area contributed by atoms with Gasteiger partial charge in [-0.3, -0.25) is 4.98 Å². The van der Waals surface area contributed by atoms with Gasteiger partial charge in [-0.2, -0.15) is 0 Å². The first-order valence-electron chi connectivity index (χ1n) is 5.67. The van der Waals surface area contributed by atoms with E-state index < -0.39 is 11.8 Å². The Labute approximate surface area is 110 Å². The Hall–Kier alpha value is -2.49. The van der Waals surface area contributed by atoms with Gasteiger partial charge in [-0.25, -0.2) is 9.18 Å². The van der Waals surface area contributed by atoms with Crippen molar-refractivity contribution in [2.24, 2.45) is 0 Å². The summed E-state index contributed by atoms with van der Waals surface area (Å²) in [7, 11) is 1.26. The fraction of sp³-hybridized carbons (Fsp3) is 0.0667. The molecule has 0 aliphatic carbocycles. The van der Waals surface area contributed by atoms with Crippen LogP contribution in [0.5, 0.6) is 0 Å². The summed E-state index contributed by atoms with van der Waals surface area (Å²) >= 11 is 0. The van der Waals surface area contributed by atoms with E-state index in [0.29, 0.717) is 5.56 Å². The molecule has 0 unspecified atom stereocenters. The third-order valence-corrected chi connectivity index (χ3v) is 2.54. The van der Waals surface area contributed by atoms with Crippen LogP contribution in [0.25, 0.3) is 12.2 Å². The SMILES string of the molecule is COC(=O)c1ccc(C=Cc2ccccn2)c(F)c1. The van der Waals surface area contributed by atoms with Crippen LogP contribution in [-0.2, 0) is 4.74 Å². The van der Waals surface area contributed by atoms with E-state index in [1.54, 1.807) is 18.3 Å². The molecule has 19 heavy (non-hydrogen) atoms. The number of methoxy groups -OCH3 is 1. The molecule has 4 heteroatoms.